The standard InChI is InChI=1S/C19H28N2O3/c1-19(2,3)24-18(23)21-16(14-10-6-4-7-11-14)17(22)20-15-12-8-5-9-13-15/h4,6-7,10-11,15-16H,5,8-9,12-13H2,1-3H3,(H,20,22)(H,21,23)/t16-/m0/s1. The van der Waals surface area contributed by atoms with Gasteiger partial charge in [0.2, 0.25) is 5.91 Å². The van der Waals surface area contributed by atoms with E-state index in [1.807, 2.05) is 30.3 Å². The lowest BCUT2D eigenvalue weighted by Gasteiger charge is -2.27. The van der Waals surface area contributed by atoms with Crippen molar-refractivity contribution < 1.29 is 14.3 Å². The van der Waals surface area contributed by atoms with Crippen molar-refractivity contribution in [2.24, 2.45) is 0 Å². The van der Waals surface area contributed by atoms with Gasteiger partial charge in [0, 0.05) is 6.04 Å². The van der Waals surface area contributed by atoms with Crippen molar-refractivity contribution in [3.05, 3.63) is 35.9 Å². The number of ether oxygens (including phenoxy) is 1. The number of carbonyl (C=O) groups excluding carboxylic acids is 2. The van der Waals surface area contributed by atoms with E-state index in [9.17, 15) is 9.59 Å². The van der Waals surface area contributed by atoms with Crippen molar-refractivity contribution in [2.75, 3.05) is 0 Å². The normalized spacial score (nSPS) is 17.0. The lowest BCUT2D eigenvalue weighted by molar-refractivity contribution is -0.124. The van der Waals surface area contributed by atoms with Gasteiger partial charge in [-0.2, -0.15) is 0 Å². The Balaban J connectivity index is 2.07. The third kappa shape index (κ3) is 5.87. The van der Waals surface area contributed by atoms with Crippen molar-refractivity contribution in [1.82, 2.24) is 10.6 Å². The van der Waals surface area contributed by atoms with Gasteiger partial charge in [-0.1, -0.05) is 49.6 Å². The van der Waals surface area contributed by atoms with Crippen LogP contribution in [0.5, 0.6) is 0 Å². The fourth-order valence-electron chi connectivity index (χ4n) is 2.90. The molecule has 0 bridgehead atoms. The van der Waals surface area contributed by atoms with Gasteiger partial charge in [0.05, 0.1) is 0 Å². The van der Waals surface area contributed by atoms with Crippen LogP contribution in [0.4, 0.5) is 4.79 Å². The molecule has 1 fully saturated rings. The Morgan fingerprint density at radius 3 is 2.29 bits per heavy atom. The molecule has 1 aromatic carbocycles. The summed E-state index contributed by atoms with van der Waals surface area (Å²) >= 11 is 0. The molecule has 1 saturated carbocycles. The van der Waals surface area contributed by atoms with Crippen molar-refractivity contribution in [3.63, 3.8) is 0 Å². The smallest absolute Gasteiger partial charge is 0.408 e. The summed E-state index contributed by atoms with van der Waals surface area (Å²) in [6, 6.07) is 8.71. The summed E-state index contributed by atoms with van der Waals surface area (Å²) in [6.45, 7) is 5.39. The number of amides is 2. The maximum atomic E-state index is 12.7. The molecule has 1 aliphatic rings. The average molecular weight is 332 g/mol. The van der Waals surface area contributed by atoms with E-state index in [2.05, 4.69) is 10.6 Å². The largest absolute Gasteiger partial charge is 0.444 e. The van der Waals surface area contributed by atoms with Crippen LogP contribution in [0.25, 0.3) is 0 Å². The molecule has 0 saturated heterocycles. The molecule has 0 aromatic heterocycles. The molecule has 2 rings (SSSR count). The SMILES string of the molecule is CC(C)(C)OC(=O)N[C@H](C(=O)NC1CCCCC1)c1ccccc1. The highest BCUT2D eigenvalue weighted by molar-refractivity contribution is 5.87. The monoisotopic (exact) mass is 332 g/mol. The molecule has 1 atom stereocenters. The molecule has 132 valence electrons. The minimum atomic E-state index is -0.747. The second kappa shape index (κ2) is 8.18. The first-order chi connectivity index (χ1) is 11.3. The van der Waals surface area contributed by atoms with E-state index in [4.69, 9.17) is 4.74 Å². The van der Waals surface area contributed by atoms with Gasteiger partial charge in [-0.3, -0.25) is 4.79 Å². The Morgan fingerprint density at radius 1 is 1.08 bits per heavy atom. The van der Waals surface area contributed by atoms with Crippen LogP contribution in [0.1, 0.15) is 64.5 Å². The molecular weight excluding hydrogens is 304 g/mol. The molecule has 2 amide bonds. The number of hydrogen-bond acceptors (Lipinski definition) is 3. The Morgan fingerprint density at radius 2 is 1.71 bits per heavy atom. The number of carbonyl (C=O) groups is 2. The van der Waals surface area contributed by atoms with Crippen LogP contribution in [0.2, 0.25) is 0 Å². The highest BCUT2D eigenvalue weighted by atomic mass is 16.6. The zero-order chi connectivity index (χ0) is 17.6. The van der Waals surface area contributed by atoms with Gasteiger partial charge >= 0.3 is 6.09 Å². The molecule has 24 heavy (non-hydrogen) atoms. The van der Waals surface area contributed by atoms with Gasteiger partial charge in [0.25, 0.3) is 0 Å². The lowest BCUT2D eigenvalue weighted by atomic mass is 9.95. The Hall–Kier alpha value is -2.04. The van der Waals surface area contributed by atoms with Crippen molar-refractivity contribution in [2.45, 2.75) is 70.6 Å². The Labute approximate surface area is 144 Å². The highest BCUT2D eigenvalue weighted by Gasteiger charge is 2.27. The third-order valence-electron chi connectivity index (χ3n) is 4.01. The Bertz CT molecular complexity index is 545. The zero-order valence-electron chi connectivity index (χ0n) is 14.8. The summed E-state index contributed by atoms with van der Waals surface area (Å²) < 4.78 is 5.30. The summed E-state index contributed by atoms with van der Waals surface area (Å²) in [4.78, 5) is 24.9. The minimum absolute atomic E-state index is 0.182. The molecule has 0 aliphatic heterocycles. The van der Waals surface area contributed by atoms with E-state index in [1.54, 1.807) is 20.8 Å². The van der Waals surface area contributed by atoms with Crippen LogP contribution >= 0.6 is 0 Å². The maximum absolute atomic E-state index is 12.7. The number of rotatable bonds is 4. The van der Waals surface area contributed by atoms with Crippen LogP contribution in [0.3, 0.4) is 0 Å². The third-order valence-corrected chi connectivity index (χ3v) is 4.01. The molecule has 5 heteroatoms. The van der Waals surface area contributed by atoms with E-state index in [0.29, 0.717) is 0 Å². The quantitative estimate of drug-likeness (QED) is 0.883. The van der Waals surface area contributed by atoms with Gasteiger partial charge in [-0.15, -0.1) is 0 Å². The highest BCUT2D eigenvalue weighted by Crippen LogP contribution is 2.20. The average Bonchev–Trinajstić information content (AvgIpc) is 2.52. The van der Waals surface area contributed by atoms with E-state index < -0.39 is 17.7 Å². The molecule has 0 unspecified atom stereocenters. The first-order valence-electron chi connectivity index (χ1n) is 8.70. The zero-order valence-corrected chi connectivity index (χ0v) is 14.8. The summed E-state index contributed by atoms with van der Waals surface area (Å²) in [7, 11) is 0. The van der Waals surface area contributed by atoms with Gasteiger partial charge in [0.1, 0.15) is 11.6 Å². The Kier molecular flexibility index (Phi) is 6.23. The fraction of sp³-hybridized carbons (Fsp3) is 0.579. The molecule has 0 heterocycles. The molecule has 2 N–H and O–H groups in total. The molecule has 0 spiro atoms. The number of hydrogen-bond donors (Lipinski definition) is 2. The van der Waals surface area contributed by atoms with Crippen molar-refractivity contribution >= 4 is 12.0 Å². The van der Waals surface area contributed by atoms with Gasteiger partial charge in [0.15, 0.2) is 0 Å². The maximum Gasteiger partial charge on any atom is 0.408 e. The van der Waals surface area contributed by atoms with Crippen LogP contribution in [0.15, 0.2) is 30.3 Å². The first-order valence-corrected chi connectivity index (χ1v) is 8.70. The predicted molar refractivity (Wildman–Crippen MR) is 93.6 cm³/mol. The van der Waals surface area contributed by atoms with Crippen molar-refractivity contribution in [1.29, 1.82) is 0 Å². The van der Waals surface area contributed by atoms with Gasteiger partial charge < -0.3 is 15.4 Å². The predicted octanol–water partition coefficient (Wildman–Crippen LogP) is 3.70. The van der Waals surface area contributed by atoms with E-state index in [0.717, 1.165) is 31.2 Å². The van der Waals surface area contributed by atoms with Gasteiger partial charge in [-0.25, -0.2) is 4.79 Å². The van der Waals surface area contributed by atoms with Gasteiger partial charge in [-0.05, 0) is 39.2 Å². The number of benzene rings is 1. The molecular formula is C19H28N2O3. The summed E-state index contributed by atoms with van der Waals surface area (Å²) in [6.07, 6.45) is 4.92. The molecule has 5 nitrogen and oxygen atoms in total. The second-order valence-corrected chi connectivity index (χ2v) is 7.33. The second-order valence-electron chi connectivity index (χ2n) is 7.33. The topological polar surface area (TPSA) is 67.4 Å². The minimum Gasteiger partial charge on any atom is -0.444 e. The first kappa shape index (κ1) is 18.3. The van der Waals surface area contributed by atoms with E-state index >= 15 is 0 Å². The lowest BCUT2D eigenvalue weighted by Crippen LogP contribution is -2.46. The molecule has 1 aromatic rings. The number of nitrogens with one attached hydrogen (secondary N) is 2. The molecule has 1 aliphatic carbocycles. The molecule has 0 radical (unpaired) electrons. The fourth-order valence-corrected chi connectivity index (χ4v) is 2.90. The van der Waals surface area contributed by atoms with E-state index in [-0.39, 0.29) is 11.9 Å². The van der Waals surface area contributed by atoms with E-state index in [1.165, 1.54) is 6.42 Å². The van der Waals surface area contributed by atoms with Crippen LogP contribution in [-0.4, -0.2) is 23.6 Å². The summed E-state index contributed by atoms with van der Waals surface area (Å²) in [5, 5.41) is 5.78. The van der Waals surface area contributed by atoms with Crippen molar-refractivity contribution in [3.8, 4) is 0 Å². The summed E-state index contributed by atoms with van der Waals surface area (Å²) in [5.74, 6) is -0.182. The van der Waals surface area contributed by atoms with Crippen LogP contribution in [0, 0.1) is 0 Å². The number of alkyl carbamates (subject to hydrolysis) is 1. The van der Waals surface area contributed by atoms with Crippen LogP contribution in [-0.2, 0) is 9.53 Å². The van der Waals surface area contributed by atoms with Crippen LogP contribution < -0.4 is 10.6 Å². The summed E-state index contributed by atoms with van der Waals surface area (Å²) in [5.41, 5.74) is 0.141.